The minimum absolute atomic E-state index is 0.0186. The number of aliphatic hydroxyl groups is 1. The highest BCUT2D eigenvalue weighted by molar-refractivity contribution is 7.91. The van der Waals surface area contributed by atoms with Gasteiger partial charge in [0, 0.05) is 17.3 Å². The molecule has 2 amide bonds. The van der Waals surface area contributed by atoms with E-state index in [0.29, 0.717) is 13.0 Å². The van der Waals surface area contributed by atoms with Crippen molar-refractivity contribution >= 4 is 15.9 Å². The van der Waals surface area contributed by atoms with Crippen LogP contribution < -0.4 is 10.6 Å². The zero-order valence-electron chi connectivity index (χ0n) is 12.9. The van der Waals surface area contributed by atoms with Crippen molar-refractivity contribution < 1.29 is 18.3 Å². The van der Waals surface area contributed by atoms with Crippen LogP contribution in [0.25, 0.3) is 0 Å². The van der Waals surface area contributed by atoms with Gasteiger partial charge in [-0.05, 0) is 25.7 Å². The number of hydrogen-bond acceptors (Lipinski definition) is 5. The average molecular weight is 342 g/mol. The maximum atomic E-state index is 12.1. The second kappa shape index (κ2) is 6.48. The predicted molar refractivity (Wildman–Crippen MR) is 83.7 cm³/mol. The summed E-state index contributed by atoms with van der Waals surface area (Å²) in [6, 6.07) is -0.760. The Labute approximate surface area is 135 Å². The molecule has 1 saturated heterocycles. The first-order valence-electron chi connectivity index (χ1n) is 7.91. The van der Waals surface area contributed by atoms with Gasteiger partial charge in [0.2, 0.25) is 0 Å². The fraction of sp³-hybridized carbons (Fsp3) is 0.714. The molecule has 0 bridgehead atoms. The first kappa shape index (κ1) is 16.3. The van der Waals surface area contributed by atoms with Crippen molar-refractivity contribution in [1.29, 1.82) is 0 Å². The molecule has 0 spiro atoms. The number of nitrogens with zero attached hydrogens (tertiary/aromatic N) is 2. The van der Waals surface area contributed by atoms with Crippen LogP contribution in [0.1, 0.15) is 36.6 Å². The summed E-state index contributed by atoms with van der Waals surface area (Å²) in [7, 11) is -3.01. The van der Waals surface area contributed by atoms with E-state index in [4.69, 9.17) is 5.11 Å². The van der Waals surface area contributed by atoms with Gasteiger partial charge < -0.3 is 15.7 Å². The number of sulfone groups is 1. The highest BCUT2D eigenvalue weighted by atomic mass is 32.2. The number of nitrogens with one attached hydrogen (secondary N) is 2. The number of rotatable bonds is 4. The number of aromatic nitrogens is 2. The van der Waals surface area contributed by atoms with Crippen LogP contribution in [0.15, 0.2) is 6.20 Å². The number of fused-ring (bicyclic) bond motifs is 1. The van der Waals surface area contributed by atoms with Crippen molar-refractivity contribution in [3.8, 4) is 0 Å². The molecule has 1 aliphatic carbocycles. The van der Waals surface area contributed by atoms with Gasteiger partial charge >= 0.3 is 6.03 Å². The summed E-state index contributed by atoms with van der Waals surface area (Å²) >= 11 is 0. The summed E-state index contributed by atoms with van der Waals surface area (Å²) in [6.45, 7) is 0.483. The van der Waals surface area contributed by atoms with Crippen molar-refractivity contribution in [2.45, 2.75) is 44.3 Å². The summed E-state index contributed by atoms with van der Waals surface area (Å²) in [6.07, 6.45) is 4.87. The second-order valence-electron chi connectivity index (χ2n) is 6.16. The lowest BCUT2D eigenvalue weighted by Crippen LogP contribution is -2.44. The molecule has 8 nitrogen and oxygen atoms in total. The smallest absolute Gasteiger partial charge is 0.315 e. The van der Waals surface area contributed by atoms with Gasteiger partial charge in [0.15, 0.2) is 9.84 Å². The number of carbonyl (C=O) groups excluding carboxylic acids is 1. The lowest BCUT2D eigenvalue weighted by molar-refractivity contribution is 0.232. The number of urea groups is 1. The van der Waals surface area contributed by atoms with Crippen LogP contribution in [0.2, 0.25) is 0 Å². The van der Waals surface area contributed by atoms with E-state index >= 15 is 0 Å². The van der Waals surface area contributed by atoms with Crippen molar-refractivity contribution in [1.82, 2.24) is 20.4 Å². The van der Waals surface area contributed by atoms with Gasteiger partial charge in [-0.25, -0.2) is 13.2 Å². The van der Waals surface area contributed by atoms with Crippen LogP contribution >= 0.6 is 0 Å². The van der Waals surface area contributed by atoms with Crippen molar-refractivity contribution in [3.05, 3.63) is 17.5 Å². The highest BCUT2D eigenvalue weighted by Gasteiger charge is 2.30. The quantitative estimate of drug-likeness (QED) is 0.698. The average Bonchev–Trinajstić information content (AvgIpc) is 3.04. The Balaban J connectivity index is 1.62. The third kappa shape index (κ3) is 3.66. The molecule has 2 heterocycles. The standard InChI is InChI=1S/C14H22N4O4S/c19-6-5-18-13-3-1-2-12(11(13)8-15-18)17-14(20)16-10-4-7-23(21,22)9-10/h8,10,12,19H,1-7,9H2,(H2,16,17,20). The number of hydrogen-bond donors (Lipinski definition) is 3. The van der Waals surface area contributed by atoms with E-state index in [0.717, 1.165) is 30.5 Å². The maximum Gasteiger partial charge on any atom is 0.315 e. The molecule has 128 valence electrons. The molecule has 23 heavy (non-hydrogen) atoms. The Morgan fingerprint density at radius 2 is 2.22 bits per heavy atom. The van der Waals surface area contributed by atoms with Gasteiger partial charge in [-0.2, -0.15) is 5.10 Å². The summed E-state index contributed by atoms with van der Waals surface area (Å²) in [5, 5.41) is 19.0. The molecule has 0 radical (unpaired) electrons. The van der Waals surface area contributed by atoms with E-state index in [9.17, 15) is 13.2 Å². The van der Waals surface area contributed by atoms with E-state index in [1.807, 2.05) is 0 Å². The van der Waals surface area contributed by atoms with Crippen molar-refractivity contribution in [2.75, 3.05) is 18.1 Å². The minimum Gasteiger partial charge on any atom is -0.394 e. The van der Waals surface area contributed by atoms with Crippen LogP contribution in [-0.2, 0) is 22.8 Å². The highest BCUT2D eigenvalue weighted by Crippen LogP contribution is 2.29. The zero-order chi connectivity index (χ0) is 16.4. The molecule has 2 atom stereocenters. The Morgan fingerprint density at radius 1 is 1.39 bits per heavy atom. The van der Waals surface area contributed by atoms with E-state index in [-0.39, 0.29) is 36.2 Å². The van der Waals surface area contributed by atoms with Crippen LogP contribution in [0.3, 0.4) is 0 Å². The van der Waals surface area contributed by atoms with Crippen LogP contribution in [0.4, 0.5) is 4.79 Å². The normalized spacial score (nSPS) is 25.8. The zero-order valence-corrected chi connectivity index (χ0v) is 13.7. The van der Waals surface area contributed by atoms with Gasteiger partial charge in [-0.15, -0.1) is 0 Å². The van der Waals surface area contributed by atoms with Crippen molar-refractivity contribution in [2.24, 2.45) is 0 Å². The molecule has 1 aliphatic heterocycles. The minimum atomic E-state index is -3.01. The van der Waals surface area contributed by atoms with Crippen LogP contribution in [0.5, 0.6) is 0 Å². The largest absolute Gasteiger partial charge is 0.394 e. The van der Waals surface area contributed by atoms with Gasteiger partial charge in [-0.3, -0.25) is 4.68 Å². The lowest BCUT2D eigenvalue weighted by atomic mass is 9.93. The van der Waals surface area contributed by atoms with E-state index in [1.165, 1.54) is 0 Å². The monoisotopic (exact) mass is 342 g/mol. The Kier molecular flexibility index (Phi) is 4.58. The van der Waals surface area contributed by atoms with Gasteiger partial charge in [0.1, 0.15) is 0 Å². The second-order valence-corrected chi connectivity index (χ2v) is 8.38. The van der Waals surface area contributed by atoms with Crippen LogP contribution in [-0.4, -0.2) is 53.5 Å². The summed E-state index contributed by atoms with van der Waals surface area (Å²) < 4.78 is 24.7. The Morgan fingerprint density at radius 3 is 2.91 bits per heavy atom. The van der Waals surface area contributed by atoms with E-state index in [1.54, 1.807) is 10.9 Å². The molecular formula is C14H22N4O4S. The number of carbonyl (C=O) groups is 1. The number of aliphatic hydroxyl groups excluding tert-OH is 1. The third-order valence-electron chi connectivity index (χ3n) is 4.45. The molecule has 2 unspecified atom stereocenters. The molecule has 0 aromatic carbocycles. The molecule has 1 aromatic rings. The maximum absolute atomic E-state index is 12.1. The molecule has 3 N–H and O–H groups in total. The molecule has 9 heteroatoms. The van der Waals surface area contributed by atoms with Gasteiger partial charge in [0.25, 0.3) is 0 Å². The fourth-order valence-corrected chi connectivity index (χ4v) is 5.02. The fourth-order valence-electron chi connectivity index (χ4n) is 3.35. The molecule has 2 aliphatic rings. The van der Waals surface area contributed by atoms with E-state index < -0.39 is 9.84 Å². The predicted octanol–water partition coefficient (Wildman–Crippen LogP) is -0.261. The van der Waals surface area contributed by atoms with Gasteiger partial charge in [-0.1, -0.05) is 0 Å². The molecule has 1 fully saturated rings. The number of amides is 2. The van der Waals surface area contributed by atoms with Crippen molar-refractivity contribution in [3.63, 3.8) is 0 Å². The third-order valence-corrected chi connectivity index (χ3v) is 6.22. The SMILES string of the molecule is O=C(NC1CCS(=O)(=O)C1)NC1CCCc2c1cnn2CCO. The first-order valence-corrected chi connectivity index (χ1v) is 9.73. The molecule has 3 rings (SSSR count). The Hall–Kier alpha value is -1.61. The molecular weight excluding hydrogens is 320 g/mol. The van der Waals surface area contributed by atoms with Crippen LogP contribution in [0, 0.1) is 0 Å². The van der Waals surface area contributed by atoms with Gasteiger partial charge in [0.05, 0.1) is 36.9 Å². The molecule has 0 saturated carbocycles. The Bertz CT molecular complexity index is 685. The first-order chi connectivity index (χ1) is 11.0. The summed E-state index contributed by atoms with van der Waals surface area (Å²) in [4.78, 5) is 12.1. The summed E-state index contributed by atoms with van der Waals surface area (Å²) in [5.41, 5.74) is 2.04. The molecule has 1 aromatic heterocycles. The summed E-state index contributed by atoms with van der Waals surface area (Å²) in [5.74, 6) is 0.157. The topological polar surface area (TPSA) is 113 Å². The lowest BCUT2D eigenvalue weighted by Gasteiger charge is -2.25. The van der Waals surface area contributed by atoms with E-state index in [2.05, 4.69) is 15.7 Å².